The third kappa shape index (κ3) is 4.81. The summed E-state index contributed by atoms with van der Waals surface area (Å²) in [6.45, 7) is 0. The highest BCUT2D eigenvalue weighted by Gasteiger charge is 2.22. The Bertz CT molecular complexity index is 3470. The molecule has 0 fully saturated rings. The second-order valence-electron chi connectivity index (χ2n) is 14.5. The molecule has 0 amide bonds. The first-order chi connectivity index (χ1) is 28.3. The third-order valence-electron chi connectivity index (χ3n) is 11.3. The van der Waals surface area contributed by atoms with Gasteiger partial charge in [-0.05, 0) is 59.7 Å². The highest BCUT2D eigenvalue weighted by Crippen LogP contribution is 2.40. The van der Waals surface area contributed by atoms with Crippen LogP contribution in [0.5, 0.6) is 0 Å². The van der Waals surface area contributed by atoms with E-state index in [1.165, 1.54) is 16.5 Å². The van der Waals surface area contributed by atoms with E-state index in [1.807, 2.05) is 18.2 Å². The van der Waals surface area contributed by atoms with Crippen LogP contribution in [0, 0.1) is 0 Å². The van der Waals surface area contributed by atoms with Crippen molar-refractivity contribution < 1.29 is 0 Å². The number of benzene rings is 8. The number of hydrogen-bond donors (Lipinski definition) is 0. The molecule has 57 heavy (non-hydrogen) atoms. The van der Waals surface area contributed by atoms with Crippen molar-refractivity contribution in [2.75, 3.05) is 0 Å². The fourth-order valence-electron chi connectivity index (χ4n) is 8.79. The second kappa shape index (κ2) is 12.3. The molecule has 12 rings (SSSR count). The van der Waals surface area contributed by atoms with E-state index in [0.717, 1.165) is 71.3 Å². The van der Waals surface area contributed by atoms with Gasteiger partial charge in [0, 0.05) is 43.6 Å². The molecule has 266 valence electrons. The standard InChI is InChI=1S/C51H32N6/c1-3-16-33(17-4-1)35-20-15-21-36(30-35)55-43-26-11-9-24-39(43)41-32-48-42(31-47(41)55)40-25-10-14-29-46(40)57(48)51-53-49(34-18-5-2-6-19-34)52-50(54-51)56-44-27-12-7-22-37(44)38-23-8-13-28-45(38)56/h1-32H. The minimum atomic E-state index is 0.561. The van der Waals surface area contributed by atoms with Crippen molar-refractivity contribution in [3.05, 3.63) is 194 Å². The Balaban J connectivity index is 1.16. The van der Waals surface area contributed by atoms with E-state index >= 15 is 0 Å². The van der Waals surface area contributed by atoms with E-state index in [0.29, 0.717) is 17.7 Å². The maximum Gasteiger partial charge on any atom is 0.240 e. The van der Waals surface area contributed by atoms with E-state index in [2.05, 4.69) is 190 Å². The third-order valence-corrected chi connectivity index (χ3v) is 11.3. The van der Waals surface area contributed by atoms with Gasteiger partial charge in [0.25, 0.3) is 0 Å². The van der Waals surface area contributed by atoms with Crippen LogP contribution in [0.4, 0.5) is 0 Å². The van der Waals surface area contributed by atoms with Crippen LogP contribution >= 0.6 is 0 Å². The molecule has 4 heterocycles. The first-order valence-electron chi connectivity index (χ1n) is 19.2. The van der Waals surface area contributed by atoms with Crippen molar-refractivity contribution in [2.24, 2.45) is 0 Å². The van der Waals surface area contributed by atoms with E-state index < -0.39 is 0 Å². The van der Waals surface area contributed by atoms with Gasteiger partial charge in [0.2, 0.25) is 11.9 Å². The van der Waals surface area contributed by atoms with E-state index in [4.69, 9.17) is 15.0 Å². The van der Waals surface area contributed by atoms with E-state index in [9.17, 15) is 0 Å². The molecule has 0 bridgehead atoms. The fourth-order valence-corrected chi connectivity index (χ4v) is 8.79. The van der Waals surface area contributed by atoms with Crippen LogP contribution in [0.15, 0.2) is 194 Å². The van der Waals surface area contributed by atoms with Crippen LogP contribution in [0.2, 0.25) is 0 Å². The van der Waals surface area contributed by atoms with Gasteiger partial charge in [0.15, 0.2) is 5.82 Å². The molecule has 0 unspecified atom stereocenters. The van der Waals surface area contributed by atoms with Gasteiger partial charge in [-0.3, -0.25) is 9.13 Å². The number of fused-ring (bicyclic) bond motifs is 9. The summed E-state index contributed by atoms with van der Waals surface area (Å²) in [5.41, 5.74) is 10.9. The summed E-state index contributed by atoms with van der Waals surface area (Å²) in [7, 11) is 0. The van der Waals surface area contributed by atoms with Crippen LogP contribution in [0.3, 0.4) is 0 Å². The Labute approximate surface area is 327 Å². The lowest BCUT2D eigenvalue weighted by Gasteiger charge is -2.13. The van der Waals surface area contributed by atoms with Crippen molar-refractivity contribution in [3.63, 3.8) is 0 Å². The van der Waals surface area contributed by atoms with Crippen LogP contribution < -0.4 is 0 Å². The molecular formula is C51H32N6. The molecule has 0 saturated heterocycles. The summed E-state index contributed by atoms with van der Waals surface area (Å²) in [6.07, 6.45) is 0. The van der Waals surface area contributed by atoms with Gasteiger partial charge >= 0.3 is 0 Å². The van der Waals surface area contributed by atoms with Crippen LogP contribution in [0.1, 0.15) is 0 Å². The second-order valence-corrected chi connectivity index (χ2v) is 14.5. The zero-order chi connectivity index (χ0) is 37.5. The lowest BCUT2D eigenvalue weighted by atomic mass is 10.1. The zero-order valence-electron chi connectivity index (χ0n) is 30.7. The summed E-state index contributed by atoms with van der Waals surface area (Å²) in [5, 5.41) is 6.91. The first kappa shape index (κ1) is 31.5. The maximum absolute atomic E-state index is 5.38. The largest absolute Gasteiger partial charge is 0.309 e. The minimum absolute atomic E-state index is 0.561. The molecule has 0 saturated carbocycles. The van der Waals surface area contributed by atoms with Gasteiger partial charge in [0.1, 0.15) is 0 Å². The Morgan fingerprint density at radius 3 is 1.21 bits per heavy atom. The highest BCUT2D eigenvalue weighted by molar-refractivity contribution is 6.19. The van der Waals surface area contributed by atoms with Gasteiger partial charge in [-0.25, -0.2) is 0 Å². The molecule has 6 nitrogen and oxygen atoms in total. The zero-order valence-corrected chi connectivity index (χ0v) is 30.7. The number of aromatic nitrogens is 6. The monoisotopic (exact) mass is 728 g/mol. The quantitative estimate of drug-likeness (QED) is 0.177. The summed E-state index contributed by atoms with van der Waals surface area (Å²) in [4.78, 5) is 15.8. The lowest BCUT2D eigenvalue weighted by Crippen LogP contribution is -2.10. The average Bonchev–Trinajstić information content (AvgIpc) is 3.91. The summed E-state index contributed by atoms with van der Waals surface area (Å²) in [5.74, 6) is 1.74. The smallest absolute Gasteiger partial charge is 0.240 e. The molecule has 0 aliphatic heterocycles. The van der Waals surface area contributed by atoms with Gasteiger partial charge in [-0.2, -0.15) is 15.0 Å². The molecular weight excluding hydrogens is 697 g/mol. The molecule has 0 aliphatic carbocycles. The highest BCUT2D eigenvalue weighted by atomic mass is 15.3. The van der Waals surface area contributed by atoms with E-state index in [-0.39, 0.29) is 0 Å². The summed E-state index contributed by atoms with van der Waals surface area (Å²) >= 11 is 0. The summed E-state index contributed by atoms with van der Waals surface area (Å²) < 4.78 is 6.79. The van der Waals surface area contributed by atoms with Crippen molar-refractivity contribution in [1.29, 1.82) is 0 Å². The molecule has 0 N–H and O–H groups in total. The first-order valence-corrected chi connectivity index (χ1v) is 19.2. The van der Waals surface area contributed by atoms with Crippen LogP contribution in [0.25, 0.3) is 106 Å². The predicted molar refractivity (Wildman–Crippen MR) is 234 cm³/mol. The minimum Gasteiger partial charge on any atom is -0.309 e. The van der Waals surface area contributed by atoms with Gasteiger partial charge < -0.3 is 4.57 Å². The van der Waals surface area contributed by atoms with Crippen LogP contribution in [-0.4, -0.2) is 28.7 Å². The number of hydrogen-bond acceptors (Lipinski definition) is 3. The lowest BCUT2D eigenvalue weighted by molar-refractivity contribution is 0.893. The SMILES string of the molecule is c1ccc(-c2cccc(-n3c4ccccc4c4cc5c(cc43)c3ccccc3n5-c3nc(-c4ccccc4)nc(-n4c5ccccc5c5ccccc54)n3)c2)cc1. The van der Waals surface area contributed by atoms with Crippen LogP contribution in [-0.2, 0) is 0 Å². The topological polar surface area (TPSA) is 53.5 Å². The maximum atomic E-state index is 5.38. The molecule has 0 atom stereocenters. The normalized spacial score (nSPS) is 11.9. The predicted octanol–water partition coefficient (Wildman–Crippen LogP) is 12.5. The van der Waals surface area contributed by atoms with Gasteiger partial charge in [-0.1, -0.05) is 146 Å². The van der Waals surface area contributed by atoms with Gasteiger partial charge in [0.05, 0.1) is 33.1 Å². The Hall–Kier alpha value is -7.83. The van der Waals surface area contributed by atoms with Crippen molar-refractivity contribution in [2.45, 2.75) is 0 Å². The van der Waals surface area contributed by atoms with Gasteiger partial charge in [-0.15, -0.1) is 0 Å². The Morgan fingerprint density at radius 2 is 0.667 bits per heavy atom. The average molecular weight is 729 g/mol. The molecule has 12 aromatic rings. The van der Waals surface area contributed by atoms with E-state index in [1.54, 1.807) is 0 Å². The molecule has 8 aromatic carbocycles. The van der Waals surface area contributed by atoms with Crippen molar-refractivity contribution >= 4 is 65.4 Å². The fraction of sp³-hybridized carbons (Fsp3) is 0. The molecule has 4 aromatic heterocycles. The van der Waals surface area contributed by atoms with Crippen molar-refractivity contribution in [3.8, 4) is 40.1 Å². The Kier molecular flexibility index (Phi) is 6.83. The summed E-state index contributed by atoms with van der Waals surface area (Å²) in [6, 6.07) is 68.5. The van der Waals surface area contributed by atoms with Crippen molar-refractivity contribution in [1.82, 2.24) is 28.7 Å². The number of rotatable bonds is 5. The molecule has 0 aliphatic rings. The Morgan fingerprint density at radius 1 is 0.263 bits per heavy atom. The molecule has 6 heteroatoms. The molecule has 0 radical (unpaired) electrons. The number of nitrogens with zero attached hydrogens (tertiary/aromatic N) is 6. The molecule has 0 spiro atoms. The number of para-hydroxylation sites is 4.